The summed E-state index contributed by atoms with van der Waals surface area (Å²) in [5.41, 5.74) is 0.211. The van der Waals surface area contributed by atoms with Crippen LogP contribution in [0.2, 0.25) is 0 Å². The second-order valence-electron chi connectivity index (χ2n) is 5.23. The summed E-state index contributed by atoms with van der Waals surface area (Å²) >= 11 is 3.43. The Morgan fingerprint density at radius 3 is 2.53 bits per heavy atom. The van der Waals surface area contributed by atoms with Crippen molar-refractivity contribution in [1.29, 1.82) is 0 Å². The fourth-order valence-electron chi connectivity index (χ4n) is 2.36. The molecule has 0 aromatic heterocycles. The van der Waals surface area contributed by atoms with Crippen molar-refractivity contribution in [3.05, 3.63) is 28.7 Å². The lowest BCUT2D eigenvalue weighted by atomic mass is 9.64. The molecule has 0 aliphatic heterocycles. The normalized spacial score (nSPS) is 26.4. The van der Waals surface area contributed by atoms with Gasteiger partial charge in [0.2, 0.25) is 0 Å². The van der Waals surface area contributed by atoms with Gasteiger partial charge in [-0.15, -0.1) is 0 Å². The summed E-state index contributed by atoms with van der Waals surface area (Å²) in [6.45, 7) is 7.72. The quantitative estimate of drug-likeness (QED) is 0.917. The Bertz CT molecular complexity index is 374. The van der Waals surface area contributed by atoms with E-state index in [0.29, 0.717) is 12.1 Å². The molecular weight excluding hydrogens is 278 g/mol. The second kappa shape index (κ2) is 4.99. The first-order valence-corrected chi connectivity index (χ1v) is 6.99. The van der Waals surface area contributed by atoms with E-state index in [0.717, 1.165) is 23.2 Å². The molecule has 94 valence electrons. The molecule has 0 amide bonds. The lowest BCUT2D eigenvalue weighted by Crippen LogP contribution is -2.62. The summed E-state index contributed by atoms with van der Waals surface area (Å²) in [5.74, 6) is 0.959. The zero-order valence-electron chi connectivity index (χ0n) is 10.7. The highest BCUT2D eigenvalue weighted by Gasteiger charge is 2.49. The standard InChI is InChI=1S/C14H20BrNO/c1-4-16-12-9-13(14(12,2)3)17-11-7-5-10(15)6-8-11/h5-8,12-13,16H,4,9H2,1-3H3. The van der Waals surface area contributed by atoms with Gasteiger partial charge in [-0.3, -0.25) is 0 Å². The molecule has 3 heteroatoms. The van der Waals surface area contributed by atoms with Crippen LogP contribution in [0.3, 0.4) is 0 Å². The smallest absolute Gasteiger partial charge is 0.119 e. The number of rotatable bonds is 4. The van der Waals surface area contributed by atoms with E-state index in [1.807, 2.05) is 24.3 Å². The molecule has 2 atom stereocenters. The van der Waals surface area contributed by atoms with Crippen molar-refractivity contribution >= 4 is 15.9 Å². The van der Waals surface area contributed by atoms with E-state index in [2.05, 4.69) is 42.0 Å². The number of nitrogens with one attached hydrogen (secondary N) is 1. The van der Waals surface area contributed by atoms with E-state index in [9.17, 15) is 0 Å². The Morgan fingerprint density at radius 2 is 2.00 bits per heavy atom. The molecule has 1 fully saturated rings. The minimum absolute atomic E-state index is 0.211. The predicted octanol–water partition coefficient (Wildman–Crippen LogP) is 3.60. The number of benzene rings is 1. The maximum atomic E-state index is 6.04. The lowest BCUT2D eigenvalue weighted by molar-refractivity contribution is -0.0541. The molecule has 1 aromatic rings. The molecule has 0 saturated heterocycles. The van der Waals surface area contributed by atoms with Crippen LogP contribution in [0.1, 0.15) is 27.2 Å². The Labute approximate surface area is 112 Å². The summed E-state index contributed by atoms with van der Waals surface area (Å²) in [6.07, 6.45) is 1.41. The van der Waals surface area contributed by atoms with Crippen LogP contribution in [-0.2, 0) is 0 Å². The molecule has 2 unspecified atom stereocenters. The van der Waals surface area contributed by atoms with E-state index in [1.165, 1.54) is 0 Å². The molecule has 1 aliphatic carbocycles. The van der Waals surface area contributed by atoms with Crippen molar-refractivity contribution in [3.63, 3.8) is 0 Å². The van der Waals surface area contributed by atoms with Crippen LogP contribution in [0.4, 0.5) is 0 Å². The van der Waals surface area contributed by atoms with Crippen molar-refractivity contribution in [1.82, 2.24) is 5.32 Å². The highest BCUT2D eigenvalue weighted by atomic mass is 79.9. The van der Waals surface area contributed by atoms with Gasteiger partial charge in [0.1, 0.15) is 11.9 Å². The van der Waals surface area contributed by atoms with Gasteiger partial charge in [-0.25, -0.2) is 0 Å². The molecule has 2 rings (SSSR count). The maximum absolute atomic E-state index is 6.04. The summed E-state index contributed by atoms with van der Waals surface area (Å²) in [7, 11) is 0. The predicted molar refractivity (Wildman–Crippen MR) is 74.4 cm³/mol. The van der Waals surface area contributed by atoms with Gasteiger partial charge >= 0.3 is 0 Å². The fraction of sp³-hybridized carbons (Fsp3) is 0.571. The molecule has 1 saturated carbocycles. The van der Waals surface area contributed by atoms with Gasteiger partial charge in [0.25, 0.3) is 0 Å². The van der Waals surface area contributed by atoms with Gasteiger partial charge in [-0.05, 0) is 30.8 Å². The van der Waals surface area contributed by atoms with Crippen LogP contribution < -0.4 is 10.1 Å². The van der Waals surface area contributed by atoms with Crippen LogP contribution in [0.25, 0.3) is 0 Å². The van der Waals surface area contributed by atoms with Crippen LogP contribution in [0, 0.1) is 5.41 Å². The summed E-state index contributed by atoms with van der Waals surface area (Å²) in [4.78, 5) is 0. The van der Waals surface area contributed by atoms with Gasteiger partial charge in [0, 0.05) is 22.4 Å². The third kappa shape index (κ3) is 2.66. The van der Waals surface area contributed by atoms with Gasteiger partial charge < -0.3 is 10.1 Å². The third-order valence-electron chi connectivity index (χ3n) is 3.72. The average Bonchev–Trinajstić information content (AvgIpc) is 2.30. The van der Waals surface area contributed by atoms with E-state index in [-0.39, 0.29) is 5.41 Å². The zero-order chi connectivity index (χ0) is 12.5. The molecule has 1 aliphatic rings. The first-order chi connectivity index (χ1) is 8.04. The number of hydrogen-bond donors (Lipinski definition) is 1. The monoisotopic (exact) mass is 297 g/mol. The molecule has 1 N–H and O–H groups in total. The first kappa shape index (κ1) is 12.9. The second-order valence-corrected chi connectivity index (χ2v) is 6.14. The molecular formula is C14H20BrNO. The van der Waals surface area contributed by atoms with Crippen LogP contribution >= 0.6 is 15.9 Å². The van der Waals surface area contributed by atoms with Gasteiger partial charge in [-0.1, -0.05) is 36.7 Å². The minimum atomic E-state index is 0.211. The van der Waals surface area contributed by atoms with E-state index >= 15 is 0 Å². The van der Waals surface area contributed by atoms with Gasteiger partial charge in [0.15, 0.2) is 0 Å². The van der Waals surface area contributed by atoms with Gasteiger partial charge in [0.05, 0.1) is 0 Å². The third-order valence-corrected chi connectivity index (χ3v) is 4.25. The van der Waals surface area contributed by atoms with Gasteiger partial charge in [-0.2, -0.15) is 0 Å². The Kier molecular flexibility index (Phi) is 3.79. The van der Waals surface area contributed by atoms with E-state index < -0.39 is 0 Å². The Hall–Kier alpha value is -0.540. The molecule has 0 bridgehead atoms. The fourth-order valence-corrected chi connectivity index (χ4v) is 2.62. The van der Waals surface area contributed by atoms with Crippen LogP contribution in [0.5, 0.6) is 5.75 Å². The van der Waals surface area contributed by atoms with Crippen molar-refractivity contribution in [3.8, 4) is 5.75 Å². The lowest BCUT2D eigenvalue weighted by Gasteiger charge is -2.51. The van der Waals surface area contributed by atoms with Crippen molar-refractivity contribution in [2.45, 2.75) is 39.3 Å². The van der Waals surface area contributed by atoms with E-state index in [1.54, 1.807) is 0 Å². The number of halogens is 1. The van der Waals surface area contributed by atoms with Crippen LogP contribution in [-0.4, -0.2) is 18.7 Å². The SMILES string of the molecule is CCNC1CC(Oc2ccc(Br)cc2)C1(C)C. The largest absolute Gasteiger partial charge is 0.490 e. The summed E-state index contributed by atoms with van der Waals surface area (Å²) in [5, 5.41) is 3.51. The molecule has 0 radical (unpaired) electrons. The maximum Gasteiger partial charge on any atom is 0.119 e. The zero-order valence-corrected chi connectivity index (χ0v) is 12.3. The average molecular weight is 298 g/mol. The van der Waals surface area contributed by atoms with E-state index in [4.69, 9.17) is 4.74 Å². The molecule has 17 heavy (non-hydrogen) atoms. The topological polar surface area (TPSA) is 21.3 Å². The summed E-state index contributed by atoms with van der Waals surface area (Å²) < 4.78 is 7.12. The first-order valence-electron chi connectivity index (χ1n) is 6.19. The number of hydrogen-bond acceptors (Lipinski definition) is 2. The van der Waals surface area contributed by atoms with Crippen molar-refractivity contribution in [2.75, 3.05) is 6.54 Å². The summed E-state index contributed by atoms with van der Waals surface area (Å²) in [6, 6.07) is 8.64. The van der Waals surface area contributed by atoms with Crippen LogP contribution in [0.15, 0.2) is 28.7 Å². The molecule has 0 heterocycles. The van der Waals surface area contributed by atoms with Crippen molar-refractivity contribution < 1.29 is 4.74 Å². The highest BCUT2D eigenvalue weighted by Crippen LogP contribution is 2.43. The Balaban J connectivity index is 1.95. The molecule has 1 aromatic carbocycles. The van der Waals surface area contributed by atoms with Crippen molar-refractivity contribution in [2.24, 2.45) is 5.41 Å². The highest BCUT2D eigenvalue weighted by molar-refractivity contribution is 9.10. The number of ether oxygens (including phenoxy) is 1. The minimum Gasteiger partial charge on any atom is -0.490 e. The molecule has 0 spiro atoms. The Morgan fingerprint density at radius 1 is 1.35 bits per heavy atom. The molecule has 2 nitrogen and oxygen atoms in total.